The van der Waals surface area contributed by atoms with Gasteiger partial charge in [0.05, 0.1) is 6.61 Å². The van der Waals surface area contributed by atoms with Gasteiger partial charge in [-0.25, -0.2) is 0 Å². The van der Waals surface area contributed by atoms with Crippen LogP contribution >= 0.6 is 0 Å². The number of hydrogen-bond donors (Lipinski definition) is 0. The van der Waals surface area contributed by atoms with Crippen molar-refractivity contribution in [3.05, 3.63) is 18.6 Å². The second-order valence-electron chi connectivity index (χ2n) is 3.51. The summed E-state index contributed by atoms with van der Waals surface area (Å²) in [6.45, 7) is 11.4. The molecule has 0 amide bonds. The Kier molecular flexibility index (Phi) is 5.81. The molecule has 70 valence electrons. The van der Waals surface area contributed by atoms with E-state index in [-0.39, 0.29) is 0 Å². The Morgan fingerprint density at radius 2 is 2.00 bits per heavy atom. The highest BCUT2D eigenvalue weighted by Gasteiger charge is 2.12. The molecular weight excluding hydrogens is 168 g/mol. The maximum Gasteiger partial charge on any atom is 0.183 e. The van der Waals surface area contributed by atoms with Crippen LogP contribution < -0.4 is 0 Å². The van der Waals surface area contributed by atoms with Gasteiger partial charge < -0.3 is 9.16 Å². The highest BCUT2D eigenvalue weighted by Crippen LogP contribution is 2.02. The molecule has 0 radical (unpaired) electrons. The lowest BCUT2D eigenvalue weighted by Gasteiger charge is -2.16. The SMILES string of the molecule is C=C=COCCCO[Si](C)(C)C. The van der Waals surface area contributed by atoms with E-state index in [2.05, 4.69) is 32.0 Å². The van der Waals surface area contributed by atoms with Crippen molar-refractivity contribution in [2.45, 2.75) is 26.1 Å². The number of rotatable bonds is 6. The van der Waals surface area contributed by atoms with E-state index in [1.54, 1.807) is 0 Å². The van der Waals surface area contributed by atoms with Gasteiger partial charge >= 0.3 is 0 Å². The molecule has 0 spiro atoms. The average Bonchev–Trinajstić information content (AvgIpc) is 1.94. The smallest absolute Gasteiger partial charge is 0.183 e. The van der Waals surface area contributed by atoms with Gasteiger partial charge in [-0.15, -0.1) is 0 Å². The predicted molar refractivity (Wildman–Crippen MR) is 53.6 cm³/mol. The molecule has 0 rings (SSSR count). The van der Waals surface area contributed by atoms with Crippen molar-refractivity contribution in [3.8, 4) is 0 Å². The fourth-order valence-corrected chi connectivity index (χ4v) is 1.40. The van der Waals surface area contributed by atoms with E-state index in [4.69, 9.17) is 9.16 Å². The van der Waals surface area contributed by atoms with Crippen molar-refractivity contribution in [3.63, 3.8) is 0 Å². The summed E-state index contributed by atoms with van der Waals surface area (Å²) in [4.78, 5) is 0. The van der Waals surface area contributed by atoms with Gasteiger partial charge in [0.25, 0.3) is 0 Å². The van der Waals surface area contributed by atoms with Gasteiger partial charge in [-0.05, 0) is 19.6 Å². The van der Waals surface area contributed by atoms with Gasteiger partial charge in [0, 0.05) is 13.0 Å². The molecule has 2 nitrogen and oxygen atoms in total. The van der Waals surface area contributed by atoms with Crippen LogP contribution in [0, 0.1) is 0 Å². The Labute approximate surface area is 76.0 Å². The topological polar surface area (TPSA) is 18.5 Å². The van der Waals surface area contributed by atoms with Crippen molar-refractivity contribution in [2.24, 2.45) is 0 Å². The van der Waals surface area contributed by atoms with Crippen LogP contribution in [0.5, 0.6) is 0 Å². The van der Waals surface area contributed by atoms with Gasteiger partial charge in [0.2, 0.25) is 0 Å². The molecule has 0 aromatic carbocycles. The minimum absolute atomic E-state index is 0.688. The van der Waals surface area contributed by atoms with Crippen molar-refractivity contribution in [2.75, 3.05) is 13.2 Å². The fourth-order valence-electron chi connectivity index (χ4n) is 0.638. The van der Waals surface area contributed by atoms with Crippen LogP contribution in [0.2, 0.25) is 19.6 Å². The summed E-state index contributed by atoms with van der Waals surface area (Å²) < 4.78 is 10.7. The van der Waals surface area contributed by atoms with E-state index < -0.39 is 8.32 Å². The molecule has 0 saturated carbocycles. The van der Waals surface area contributed by atoms with Crippen molar-refractivity contribution >= 4 is 8.32 Å². The van der Waals surface area contributed by atoms with Gasteiger partial charge in [-0.2, -0.15) is 0 Å². The third-order valence-electron chi connectivity index (χ3n) is 1.11. The summed E-state index contributed by atoms with van der Waals surface area (Å²) in [7, 11) is -1.32. The van der Waals surface area contributed by atoms with Crippen molar-refractivity contribution in [1.29, 1.82) is 0 Å². The Balaban J connectivity index is 3.16. The lowest BCUT2D eigenvalue weighted by atomic mass is 10.5. The minimum Gasteiger partial charge on any atom is -0.493 e. The van der Waals surface area contributed by atoms with E-state index in [1.807, 2.05) is 0 Å². The lowest BCUT2D eigenvalue weighted by Crippen LogP contribution is -2.26. The standard InChI is InChI=1S/C9H18O2Si/c1-5-7-10-8-6-9-11-12(2,3)4/h7H,1,6,8-9H2,2-4H3. The summed E-state index contributed by atoms with van der Waals surface area (Å²) >= 11 is 0. The van der Waals surface area contributed by atoms with Crippen molar-refractivity contribution in [1.82, 2.24) is 0 Å². The van der Waals surface area contributed by atoms with Crippen LogP contribution in [-0.2, 0) is 9.16 Å². The van der Waals surface area contributed by atoms with Gasteiger partial charge in [-0.3, -0.25) is 0 Å². The molecule has 0 aliphatic heterocycles. The van der Waals surface area contributed by atoms with E-state index in [0.717, 1.165) is 13.0 Å². The Morgan fingerprint density at radius 3 is 2.50 bits per heavy atom. The van der Waals surface area contributed by atoms with Crippen LogP contribution in [0.1, 0.15) is 6.42 Å². The van der Waals surface area contributed by atoms with Gasteiger partial charge in [0.15, 0.2) is 8.32 Å². The highest BCUT2D eigenvalue weighted by atomic mass is 28.4. The quantitative estimate of drug-likeness (QED) is 0.275. The molecule has 0 aliphatic rings. The van der Waals surface area contributed by atoms with Crippen LogP contribution in [0.15, 0.2) is 18.6 Å². The van der Waals surface area contributed by atoms with E-state index in [1.165, 1.54) is 6.26 Å². The Bertz CT molecular complexity index is 154. The summed E-state index contributed by atoms with van der Waals surface area (Å²) in [5, 5.41) is 0. The summed E-state index contributed by atoms with van der Waals surface area (Å²) in [6, 6.07) is 0. The molecule has 0 saturated heterocycles. The maximum atomic E-state index is 5.62. The molecule has 0 N–H and O–H groups in total. The maximum absolute atomic E-state index is 5.62. The molecule has 0 fully saturated rings. The zero-order valence-electron chi connectivity index (χ0n) is 8.22. The summed E-state index contributed by atoms with van der Waals surface area (Å²) in [5.74, 6) is 0. The Morgan fingerprint density at radius 1 is 1.33 bits per heavy atom. The number of ether oxygens (including phenoxy) is 1. The predicted octanol–water partition coefficient (Wildman–Crippen LogP) is 2.54. The zero-order chi connectivity index (χ0) is 9.45. The van der Waals surface area contributed by atoms with Crippen molar-refractivity contribution < 1.29 is 9.16 Å². The first-order valence-corrected chi connectivity index (χ1v) is 7.57. The summed E-state index contributed by atoms with van der Waals surface area (Å²) in [5.41, 5.74) is 2.55. The van der Waals surface area contributed by atoms with E-state index in [9.17, 15) is 0 Å². The van der Waals surface area contributed by atoms with Crippen LogP contribution in [0.25, 0.3) is 0 Å². The number of hydrogen-bond acceptors (Lipinski definition) is 2. The molecule has 3 heteroatoms. The molecule has 0 aliphatic carbocycles. The van der Waals surface area contributed by atoms with Gasteiger partial charge in [-0.1, -0.05) is 12.3 Å². The third kappa shape index (κ3) is 9.50. The monoisotopic (exact) mass is 186 g/mol. The molecular formula is C9H18O2Si. The molecule has 0 bridgehead atoms. The molecule has 12 heavy (non-hydrogen) atoms. The lowest BCUT2D eigenvalue weighted by molar-refractivity contribution is 0.207. The third-order valence-corrected chi connectivity index (χ3v) is 2.18. The second-order valence-corrected chi connectivity index (χ2v) is 8.02. The van der Waals surface area contributed by atoms with E-state index in [0.29, 0.717) is 6.61 Å². The largest absolute Gasteiger partial charge is 0.493 e. The molecule has 0 heterocycles. The molecule has 0 aromatic heterocycles. The first-order valence-electron chi connectivity index (χ1n) is 4.16. The second kappa shape index (κ2) is 6.06. The van der Waals surface area contributed by atoms with E-state index >= 15 is 0 Å². The first-order chi connectivity index (χ1) is 5.56. The zero-order valence-corrected chi connectivity index (χ0v) is 9.22. The highest BCUT2D eigenvalue weighted by molar-refractivity contribution is 6.69. The normalized spacial score (nSPS) is 10.6. The molecule has 0 aromatic rings. The fraction of sp³-hybridized carbons (Fsp3) is 0.667. The Hall–Kier alpha value is -0.503. The molecule has 0 unspecified atom stereocenters. The molecule has 0 atom stereocenters. The average molecular weight is 186 g/mol. The van der Waals surface area contributed by atoms with Gasteiger partial charge in [0.1, 0.15) is 6.26 Å². The first kappa shape index (κ1) is 11.5. The summed E-state index contributed by atoms with van der Waals surface area (Å²) in [6.07, 6.45) is 2.41. The van der Waals surface area contributed by atoms with Crippen LogP contribution in [-0.4, -0.2) is 21.5 Å². The minimum atomic E-state index is -1.32. The van der Waals surface area contributed by atoms with Crippen LogP contribution in [0.4, 0.5) is 0 Å². The van der Waals surface area contributed by atoms with Crippen LogP contribution in [0.3, 0.4) is 0 Å².